The first-order valence-corrected chi connectivity index (χ1v) is 9.03. The van der Waals surface area contributed by atoms with Crippen LogP contribution in [0, 0.1) is 0 Å². The van der Waals surface area contributed by atoms with Crippen LogP contribution >= 0.6 is 35.1 Å². The van der Waals surface area contributed by atoms with Gasteiger partial charge in [0, 0.05) is 29.7 Å². The summed E-state index contributed by atoms with van der Waals surface area (Å²) in [5, 5.41) is 3.96. The maximum absolute atomic E-state index is 12.2. The summed E-state index contributed by atoms with van der Waals surface area (Å²) < 4.78 is 1.52. The molecular formula is C17H17Cl2N3O2S. The third-order valence-corrected chi connectivity index (χ3v) is 4.90. The Hall–Kier alpha value is -1.89. The van der Waals surface area contributed by atoms with E-state index in [-0.39, 0.29) is 11.9 Å². The minimum atomic E-state index is -0.283. The molecule has 8 heteroatoms. The predicted octanol–water partition coefficient (Wildman–Crippen LogP) is 5.12. The van der Waals surface area contributed by atoms with E-state index >= 15 is 0 Å². The lowest BCUT2D eigenvalue weighted by Gasteiger charge is -2.24. The van der Waals surface area contributed by atoms with Crippen molar-refractivity contribution in [2.75, 3.05) is 22.5 Å². The van der Waals surface area contributed by atoms with E-state index in [1.54, 1.807) is 55.6 Å². The van der Waals surface area contributed by atoms with Gasteiger partial charge in [-0.3, -0.25) is 9.10 Å². The van der Waals surface area contributed by atoms with E-state index in [0.29, 0.717) is 27.3 Å². The highest BCUT2D eigenvalue weighted by Crippen LogP contribution is 2.25. The van der Waals surface area contributed by atoms with Gasteiger partial charge < -0.3 is 10.2 Å². The first-order chi connectivity index (χ1) is 11.9. The fraction of sp³-hybridized carbons (Fsp3) is 0.176. The zero-order chi connectivity index (χ0) is 18.4. The Morgan fingerprint density at radius 1 is 1.00 bits per heavy atom. The number of hydrogen-bond donors (Lipinski definition) is 1. The van der Waals surface area contributed by atoms with Crippen LogP contribution in [0.25, 0.3) is 0 Å². The summed E-state index contributed by atoms with van der Waals surface area (Å²) in [5.41, 5.74) is 1.35. The molecule has 0 bridgehead atoms. The van der Waals surface area contributed by atoms with Gasteiger partial charge in [0.2, 0.25) is 5.91 Å². The van der Waals surface area contributed by atoms with E-state index in [4.69, 9.17) is 23.2 Å². The van der Waals surface area contributed by atoms with Crippen LogP contribution in [0.5, 0.6) is 0 Å². The van der Waals surface area contributed by atoms with Gasteiger partial charge in [-0.1, -0.05) is 23.2 Å². The molecule has 0 unspecified atom stereocenters. The van der Waals surface area contributed by atoms with Crippen LogP contribution in [0.4, 0.5) is 16.2 Å². The summed E-state index contributed by atoms with van der Waals surface area (Å²) >= 11 is 12.9. The van der Waals surface area contributed by atoms with Gasteiger partial charge in [-0.15, -0.1) is 0 Å². The zero-order valence-electron chi connectivity index (χ0n) is 13.7. The standard InChI is InChI=1S/C17H17Cl2N3O2S/c1-12(23)22(16-9-5-14(19)6-10-16)25-11-21(2)17(24)20-15-7-3-13(18)4-8-15/h3-10H,11H2,1-2H3,(H,20,24). The van der Waals surface area contributed by atoms with Gasteiger partial charge in [0.25, 0.3) is 0 Å². The molecule has 2 rings (SSSR count). The largest absolute Gasteiger partial charge is 0.322 e. The summed E-state index contributed by atoms with van der Waals surface area (Å²) in [6, 6.07) is 13.5. The Kier molecular flexibility index (Phi) is 6.99. The average Bonchev–Trinajstić information content (AvgIpc) is 2.58. The number of nitrogens with one attached hydrogen (secondary N) is 1. The molecule has 2 aromatic carbocycles. The molecule has 0 saturated heterocycles. The van der Waals surface area contributed by atoms with Gasteiger partial charge in [-0.25, -0.2) is 4.79 Å². The number of urea groups is 1. The molecule has 0 aliphatic rings. The molecular weight excluding hydrogens is 381 g/mol. The summed E-state index contributed by atoms with van der Waals surface area (Å²) in [6.07, 6.45) is 0. The Labute approximate surface area is 161 Å². The molecule has 0 spiro atoms. The third kappa shape index (κ3) is 5.85. The maximum atomic E-state index is 12.2. The summed E-state index contributed by atoms with van der Waals surface area (Å²) in [6.45, 7) is 1.47. The smallest absolute Gasteiger partial charge is 0.317 e. The second kappa shape index (κ2) is 8.99. The highest BCUT2D eigenvalue weighted by molar-refractivity contribution is 8.01. The summed E-state index contributed by atoms with van der Waals surface area (Å²) in [7, 11) is 1.65. The van der Waals surface area contributed by atoms with Crippen LogP contribution in [-0.2, 0) is 4.79 Å². The predicted molar refractivity (Wildman–Crippen MR) is 105 cm³/mol. The van der Waals surface area contributed by atoms with Crippen molar-refractivity contribution in [3.63, 3.8) is 0 Å². The molecule has 0 fully saturated rings. The molecule has 0 aromatic heterocycles. The monoisotopic (exact) mass is 397 g/mol. The number of carbonyl (C=O) groups is 2. The fourth-order valence-corrected chi connectivity index (χ4v) is 2.99. The minimum absolute atomic E-state index is 0.140. The van der Waals surface area contributed by atoms with Gasteiger partial charge in [0.05, 0.1) is 11.6 Å². The van der Waals surface area contributed by atoms with Crippen molar-refractivity contribution in [1.82, 2.24) is 4.90 Å². The van der Waals surface area contributed by atoms with Crippen LogP contribution in [0.3, 0.4) is 0 Å². The molecule has 0 saturated carbocycles. The molecule has 5 nitrogen and oxygen atoms in total. The highest BCUT2D eigenvalue weighted by Gasteiger charge is 2.16. The van der Waals surface area contributed by atoms with Crippen LogP contribution in [0.2, 0.25) is 10.0 Å². The van der Waals surface area contributed by atoms with Crippen molar-refractivity contribution < 1.29 is 9.59 Å². The van der Waals surface area contributed by atoms with Crippen LogP contribution < -0.4 is 9.62 Å². The Balaban J connectivity index is 1.94. The number of amides is 3. The molecule has 1 N–H and O–H groups in total. The normalized spacial score (nSPS) is 10.2. The van der Waals surface area contributed by atoms with Gasteiger partial charge in [-0.05, 0) is 60.5 Å². The van der Waals surface area contributed by atoms with Gasteiger partial charge in [0.1, 0.15) is 0 Å². The number of halogens is 2. The first-order valence-electron chi connectivity index (χ1n) is 7.33. The summed E-state index contributed by atoms with van der Waals surface area (Å²) in [4.78, 5) is 25.6. The van der Waals surface area contributed by atoms with Crippen molar-refractivity contribution in [2.24, 2.45) is 0 Å². The third-order valence-electron chi connectivity index (χ3n) is 3.17. The number of nitrogens with zero attached hydrogens (tertiary/aromatic N) is 2. The Morgan fingerprint density at radius 2 is 1.52 bits per heavy atom. The van der Waals surface area contributed by atoms with E-state index in [1.165, 1.54) is 28.1 Å². The van der Waals surface area contributed by atoms with E-state index in [2.05, 4.69) is 5.32 Å². The quantitative estimate of drug-likeness (QED) is 0.562. The molecule has 0 atom stereocenters. The molecule has 0 radical (unpaired) electrons. The van der Waals surface area contributed by atoms with Crippen molar-refractivity contribution in [2.45, 2.75) is 6.92 Å². The minimum Gasteiger partial charge on any atom is -0.317 e. The topological polar surface area (TPSA) is 52.7 Å². The molecule has 25 heavy (non-hydrogen) atoms. The zero-order valence-corrected chi connectivity index (χ0v) is 16.0. The molecule has 0 heterocycles. The number of anilines is 2. The van der Waals surface area contributed by atoms with Crippen molar-refractivity contribution in [3.8, 4) is 0 Å². The lowest BCUT2D eigenvalue weighted by molar-refractivity contribution is -0.115. The fourth-order valence-electron chi connectivity index (χ4n) is 1.88. The van der Waals surface area contributed by atoms with Gasteiger partial charge >= 0.3 is 6.03 Å². The van der Waals surface area contributed by atoms with Gasteiger partial charge in [0.15, 0.2) is 0 Å². The average molecular weight is 398 g/mol. The molecule has 0 aliphatic heterocycles. The number of hydrogen-bond acceptors (Lipinski definition) is 3. The first kappa shape index (κ1) is 19.4. The number of carbonyl (C=O) groups excluding carboxylic acids is 2. The van der Waals surface area contributed by atoms with Crippen molar-refractivity contribution in [1.29, 1.82) is 0 Å². The lowest BCUT2D eigenvalue weighted by Crippen LogP contribution is -2.33. The molecule has 2 aromatic rings. The van der Waals surface area contributed by atoms with Crippen molar-refractivity contribution >= 4 is 58.5 Å². The molecule has 0 aliphatic carbocycles. The summed E-state index contributed by atoms with van der Waals surface area (Å²) in [5.74, 6) is 0.153. The molecule has 132 valence electrons. The van der Waals surface area contributed by atoms with E-state index in [1.807, 2.05) is 0 Å². The lowest BCUT2D eigenvalue weighted by atomic mass is 10.3. The van der Waals surface area contributed by atoms with E-state index in [0.717, 1.165) is 0 Å². The molecule has 3 amide bonds. The Bertz CT molecular complexity index is 739. The second-order valence-corrected chi connectivity index (χ2v) is 6.94. The highest BCUT2D eigenvalue weighted by atomic mass is 35.5. The van der Waals surface area contributed by atoms with Crippen LogP contribution in [-0.4, -0.2) is 29.8 Å². The SMILES string of the molecule is CC(=O)N(SCN(C)C(=O)Nc1ccc(Cl)cc1)c1ccc(Cl)cc1. The van der Waals surface area contributed by atoms with Gasteiger partial charge in [-0.2, -0.15) is 0 Å². The maximum Gasteiger partial charge on any atom is 0.322 e. The number of rotatable bonds is 5. The van der Waals surface area contributed by atoms with E-state index in [9.17, 15) is 9.59 Å². The van der Waals surface area contributed by atoms with E-state index < -0.39 is 0 Å². The second-order valence-electron chi connectivity index (χ2n) is 5.18. The van der Waals surface area contributed by atoms with Crippen LogP contribution in [0.1, 0.15) is 6.92 Å². The number of benzene rings is 2. The van der Waals surface area contributed by atoms with Crippen LogP contribution in [0.15, 0.2) is 48.5 Å². The van der Waals surface area contributed by atoms with Crippen molar-refractivity contribution in [3.05, 3.63) is 58.6 Å². The Morgan fingerprint density at radius 3 is 2.04 bits per heavy atom.